The van der Waals surface area contributed by atoms with Crippen LogP contribution in [-0.4, -0.2) is 122 Å². The number of nitrogens with zero attached hydrogens (tertiary/aromatic N) is 9. The molecule has 0 bridgehead atoms. The number of hydrogen-bond acceptors (Lipinski definition) is 21. The van der Waals surface area contributed by atoms with Gasteiger partial charge in [-0.05, 0) is 18.0 Å². The third kappa shape index (κ3) is 11.8. The van der Waals surface area contributed by atoms with Crippen molar-refractivity contribution in [2.24, 2.45) is 10.8 Å². The molecule has 3 aromatic rings. The number of carbonyl (C=O) groups excluding carboxylic acids is 1. The first-order chi connectivity index (χ1) is 26.9. The Morgan fingerprint density at radius 3 is 2.54 bits per heavy atom. The van der Waals surface area contributed by atoms with E-state index in [0.717, 1.165) is 10.9 Å². The third-order valence-electron chi connectivity index (χ3n) is 8.19. The molecule has 26 nitrogen and oxygen atoms in total. The number of esters is 1. The molecule has 0 radical (unpaired) electrons. The first kappa shape index (κ1) is 44.7. The molecule has 0 aromatic carbocycles. The van der Waals surface area contributed by atoms with E-state index in [0.29, 0.717) is 0 Å². The number of phosphoric ester groups is 2. The van der Waals surface area contributed by atoms with Crippen LogP contribution in [0.1, 0.15) is 39.1 Å². The molecule has 2 saturated heterocycles. The fourth-order valence-corrected chi connectivity index (χ4v) is 9.32. The Morgan fingerprint density at radius 2 is 1.86 bits per heavy atom. The second kappa shape index (κ2) is 19.1. The van der Waals surface area contributed by atoms with Crippen LogP contribution in [-0.2, 0) is 41.7 Å². The van der Waals surface area contributed by atoms with Crippen LogP contribution in [0.2, 0.25) is 0 Å². The molecule has 0 aliphatic carbocycles. The number of carbonyl (C=O) groups is 1. The van der Waals surface area contributed by atoms with Crippen LogP contribution < -0.4 is 22.9 Å². The Labute approximate surface area is 330 Å². The van der Waals surface area contributed by atoms with E-state index in [-0.39, 0.29) is 47.4 Å². The highest BCUT2D eigenvalue weighted by Crippen LogP contribution is 2.50. The Kier molecular flexibility index (Phi) is 15.0. The normalized spacial score (nSPS) is 25.9. The zero-order valence-electron chi connectivity index (χ0n) is 30.0. The molecule has 10 atom stereocenters. The van der Waals surface area contributed by atoms with Crippen LogP contribution in [0, 0.1) is 0 Å². The standard InChI is InChI=1S/C27H40N12O14P2S2/c1-12(2)56-57-13(7-35-37-31)5-14(28)26(41)52-22-17(51-25(21(22)40)39-11-34-20-23(30)32-10-33-24(20)39)9-49-55(46,47)53-15-6-19(38-4-3-18(29)36-27(38)42)50-16(15)8-48-54(43,44)45/h3-4,10-17,19,21-22,25,40H,5-9,28H2,1-2H3,(H,46,47)(H2,29,36,42)(H2,30,32,33)(H2,43,44,45)/t13?,14-,15+,16-,17+,19-,21-,22-,25-/m1/s1. The summed E-state index contributed by atoms with van der Waals surface area (Å²) in [5.41, 5.74) is 25.9. The van der Waals surface area contributed by atoms with E-state index in [4.69, 9.17) is 46.0 Å². The number of nitrogen functional groups attached to an aromatic ring is 2. The monoisotopic (exact) mass is 882 g/mol. The van der Waals surface area contributed by atoms with Gasteiger partial charge in [-0.3, -0.25) is 27.5 Å². The van der Waals surface area contributed by atoms with Crippen molar-refractivity contribution in [3.05, 3.63) is 45.8 Å². The number of phosphoric acid groups is 2. The molecule has 0 amide bonds. The molecular weight excluding hydrogens is 842 g/mol. The maximum atomic E-state index is 13.4. The van der Waals surface area contributed by atoms with E-state index in [1.807, 2.05) is 13.8 Å². The number of anilines is 2. The minimum atomic E-state index is -5.18. The molecule has 5 rings (SSSR count). The van der Waals surface area contributed by atoms with Gasteiger partial charge >= 0.3 is 27.3 Å². The predicted octanol–water partition coefficient (Wildman–Crippen LogP) is 0.503. The molecule has 2 aliphatic rings. The van der Waals surface area contributed by atoms with Gasteiger partial charge in [-0.25, -0.2) is 28.9 Å². The van der Waals surface area contributed by atoms with Gasteiger partial charge in [-0.15, -0.1) is 0 Å². The molecular formula is C27H40N12O14P2S2. The van der Waals surface area contributed by atoms with Gasteiger partial charge in [0.05, 0.1) is 19.5 Å². The summed E-state index contributed by atoms with van der Waals surface area (Å²) in [5, 5.41) is 14.9. The lowest BCUT2D eigenvalue weighted by Gasteiger charge is -2.25. The third-order valence-corrected chi connectivity index (χ3v) is 13.1. The van der Waals surface area contributed by atoms with Crippen LogP contribution in [0.25, 0.3) is 21.6 Å². The highest BCUT2D eigenvalue weighted by atomic mass is 33.1. The second-order valence-corrected chi connectivity index (χ2v) is 18.6. The first-order valence-corrected chi connectivity index (χ1v) is 22.1. The van der Waals surface area contributed by atoms with E-state index in [2.05, 4.69) is 34.5 Å². The van der Waals surface area contributed by atoms with Gasteiger partial charge < -0.3 is 51.2 Å². The summed E-state index contributed by atoms with van der Waals surface area (Å²) in [6, 6.07) is -0.00194. The number of ether oxygens (including phenoxy) is 3. The molecule has 2 aliphatic heterocycles. The van der Waals surface area contributed by atoms with E-state index in [1.165, 1.54) is 44.7 Å². The first-order valence-electron chi connectivity index (χ1n) is 16.8. The lowest BCUT2D eigenvalue weighted by Crippen LogP contribution is -2.44. The number of azide groups is 1. The number of nitrogens with two attached hydrogens (primary N) is 3. The summed E-state index contributed by atoms with van der Waals surface area (Å²) in [6.07, 6.45) is -6.95. The second-order valence-electron chi connectivity index (χ2n) is 12.8. The number of aliphatic hydroxyl groups excluding tert-OH is 1. The van der Waals surface area contributed by atoms with Crippen molar-refractivity contribution in [1.29, 1.82) is 0 Å². The van der Waals surface area contributed by atoms with Gasteiger partial charge in [0, 0.05) is 34.6 Å². The Hall–Kier alpha value is -3.43. The Bertz CT molecular complexity index is 2090. The predicted molar refractivity (Wildman–Crippen MR) is 200 cm³/mol. The van der Waals surface area contributed by atoms with Crippen molar-refractivity contribution in [2.45, 2.75) is 86.2 Å². The van der Waals surface area contributed by atoms with Crippen molar-refractivity contribution in [2.75, 3.05) is 31.2 Å². The van der Waals surface area contributed by atoms with Crippen LogP contribution in [0.15, 0.2) is 34.8 Å². The number of rotatable bonds is 19. The molecule has 30 heteroatoms. The summed E-state index contributed by atoms with van der Waals surface area (Å²) in [7, 11) is -7.38. The molecule has 0 spiro atoms. The summed E-state index contributed by atoms with van der Waals surface area (Å²) in [5.74, 6) is -1.08. The smallest absolute Gasteiger partial charge is 0.455 e. The maximum Gasteiger partial charge on any atom is 0.472 e. The largest absolute Gasteiger partial charge is 0.472 e. The van der Waals surface area contributed by atoms with Gasteiger partial charge in [-0.1, -0.05) is 40.5 Å². The molecule has 57 heavy (non-hydrogen) atoms. The molecule has 0 saturated carbocycles. The summed E-state index contributed by atoms with van der Waals surface area (Å²) in [4.78, 5) is 73.8. The van der Waals surface area contributed by atoms with Crippen molar-refractivity contribution >= 4 is 66.0 Å². The van der Waals surface area contributed by atoms with E-state index in [9.17, 15) is 38.5 Å². The Morgan fingerprint density at radius 1 is 1.12 bits per heavy atom. The summed E-state index contributed by atoms with van der Waals surface area (Å²) in [6.45, 7) is 2.23. The van der Waals surface area contributed by atoms with E-state index < -0.39 is 94.8 Å². The SMILES string of the molecule is CC(C)SSC(CN=[N+]=[N-])C[C@@H](N)C(=O)O[C@H]1[C@@H](O)[C@H](n2cnc3c(N)ncnc32)O[C@H]1COP(=O)(O)O[C@H]1C[C@H](n2ccc(N)nc2=O)O[C@@H]1COP(=O)(O)O. The number of aliphatic hydroxyl groups is 1. The zero-order valence-corrected chi connectivity index (χ0v) is 33.4. The minimum Gasteiger partial charge on any atom is -0.455 e. The molecule has 3 aromatic heterocycles. The number of aromatic nitrogens is 6. The highest BCUT2D eigenvalue weighted by Gasteiger charge is 2.50. The highest BCUT2D eigenvalue weighted by molar-refractivity contribution is 8.77. The van der Waals surface area contributed by atoms with Crippen molar-refractivity contribution in [3.63, 3.8) is 0 Å². The van der Waals surface area contributed by atoms with Crippen LogP contribution in [0.4, 0.5) is 11.6 Å². The van der Waals surface area contributed by atoms with Gasteiger partial charge in [0.15, 0.2) is 23.8 Å². The zero-order chi connectivity index (χ0) is 41.7. The lowest BCUT2D eigenvalue weighted by molar-refractivity contribution is -0.158. The van der Waals surface area contributed by atoms with E-state index in [1.54, 1.807) is 0 Å². The molecule has 10 N–H and O–H groups in total. The number of imidazole rings is 1. The van der Waals surface area contributed by atoms with Crippen LogP contribution in [0.5, 0.6) is 0 Å². The van der Waals surface area contributed by atoms with Crippen molar-refractivity contribution in [1.82, 2.24) is 29.1 Å². The summed E-state index contributed by atoms with van der Waals surface area (Å²) < 4.78 is 59.6. The van der Waals surface area contributed by atoms with Gasteiger partial charge in [0.1, 0.15) is 54.3 Å². The van der Waals surface area contributed by atoms with Gasteiger partial charge in [0.2, 0.25) is 0 Å². The fraction of sp³-hybridized carbons (Fsp3) is 0.630. The number of fused-ring (bicyclic) bond motifs is 1. The van der Waals surface area contributed by atoms with Crippen molar-refractivity contribution < 1.29 is 61.5 Å². The summed E-state index contributed by atoms with van der Waals surface area (Å²) >= 11 is 0. The maximum absolute atomic E-state index is 13.4. The minimum absolute atomic E-state index is 0.00838. The molecule has 2 fully saturated rings. The topological polar surface area (TPSA) is 393 Å². The van der Waals surface area contributed by atoms with Gasteiger partial charge in [-0.2, -0.15) is 4.98 Å². The van der Waals surface area contributed by atoms with Gasteiger partial charge in [0.25, 0.3) is 0 Å². The average molecular weight is 883 g/mol. The van der Waals surface area contributed by atoms with Crippen LogP contribution in [0.3, 0.4) is 0 Å². The Balaban J connectivity index is 1.34. The quantitative estimate of drug-likeness (QED) is 0.0215. The van der Waals surface area contributed by atoms with Crippen LogP contribution >= 0.6 is 37.2 Å². The lowest BCUT2D eigenvalue weighted by atomic mass is 10.1. The van der Waals surface area contributed by atoms with E-state index >= 15 is 0 Å². The molecule has 5 heterocycles. The molecule has 2 unspecified atom stereocenters. The average Bonchev–Trinajstić information content (AvgIpc) is 3.82. The molecule has 314 valence electrons. The number of hydrogen-bond donors (Lipinski definition) is 7. The van der Waals surface area contributed by atoms with Crippen molar-refractivity contribution in [3.8, 4) is 0 Å². The fourth-order valence-electron chi connectivity index (χ4n) is 5.66.